The van der Waals surface area contributed by atoms with Crippen LogP contribution in [-0.4, -0.2) is 84.1 Å². The summed E-state index contributed by atoms with van der Waals surface area (Å²) in [5, 5.41) is 27.2. The molecular weight excluding hydrogens is 224 g/mol. The molecule has 3 heterocycles. The lowest BCUT2D eigenvalue weighted by Gasteiger charge is -2.51. The largest absolute Gasteiger partial charge is 0.550 e. The molecule has 3 aliphatic rings. The van der Waals surface area contributed by atoms with E-state index in [4.69, 9.17) is 15.0 Å². The van der Waals surface area contributed by atoms with Crippen LogP contribution in [0.15, 0.2) is 0 Å². The van der Waals surface area contributed by atoms with Gasteiger partial charge in [0.2, 0.25) is 0 Å². The fourth-order valence-electron chi connectivity index (χ4n) is 2.51. The molecule has 17 heavy (non-hydrogen) atoms. The van der Waals surface area contributed by atoms with E-state index in [2.05, 4.69) is 4.90 Å². The Morgan fingerprint density at radius 1 is 1.35 bits per heavy atom. The summed E-state index contributed by atoms with van der Waals surface area (Å²) in [5.74, 6) is -1.08. The Morgan fingerprint density at radius 2 is 1.76 bits per heavy atom. The summed E-state index contributed by atoms with van der Waals surface area (Å²) in [6.07, 6.45) is -0.523. The number of aliphatic hydroxyl groups is 2. The summed E-state index contributed by atoms with van der Waals surface area (Å²) in [5.41, 5.74) is 0. The van der Waals surface area contributed by atoms with Gasteiger partial charge >= 0.3 is 0 Å². The van der Waals surface area contributed by atoms with Gasteiger partial charge in [0.25, 0.3) is 0 Å². The normalized spacial score (nSPS) is 32.5. The molecule has 3 rings (SSSR count). The summed E-state index contributed by atoms with van der Waals surface area (Å²) >= 11 is 0. The first kappa shape index (κ1) is 14.4. The monoisotopic (exact) mass is 246 g/mol. The Bertz CT molecular complexity index is 234. The van der Waals surface area contributed by atoms with Crippen molar-refractivity contribution in [2.75, 3.05) is 52.4 Å². The topological polar surface area (TPSA) is 83.8 Å². The van der Waals surface area contributed by atoms with Gasteiger partial charge in [0.1, 0.15) is 12.6 Å². The van der Waals surface area contributed by atoms with E-state index in [-0.39, 0.29) is 6.61 Å². The van der Waals surface area contributed by atoms with Crippen LogP contribution in [0.5, 0.6) is 0 Å². The first-order valence-corrected chi connectivity index (χ1v) is 6.01. The first-order valence-electron chi connectivity index (χ1n) is 6.01. The lowest BCUT2D eigenvalue weighted by Crippen LogP contribution is -2.69. The zero-order chi connectivity index (χ0) is 12.9. The second kappa shape index (κ2) is 6.30. The number of aliphatic hydroxyl groups excluding tert-OH is 2. The van der Waals surface area contributed by atoms with Crippen LogP contribution in [0.3, 0.4) is 0 Å². The van der Waals surface area contributed by atoms with Crippen molar-refractivity contribution in [2.45, 2.75) is 13.0 Å². The summed E-state index contributed by atoms with van der Waals surface area (Å²) in [6, 6.07) is 0. The third kappa shape index (κ3) is 4.59. The second-order valence-electron chi connectivity index (χ2n) is 4.86. The van der Waals surface area contributed by atoms with Gasteiger partial charge in [-0.2, -0.15) is 0 Å². The second-order valence-corrected chi connectivity index (χ2v) is 4.86. The molecule has 1 unspecified atom stereocenters. The molecule has 3 saturated heterocycles. The minimum Gasteiger partial charge on any atom is -0.550 e. The average molecular weight is 246 g/mol. The molecule has 2 bridgehead atoms. The third-order valence-electron chi connectivity index (χ3n) is 3.48. The van der Waals surface area contributed by atoms with Crippen molar-refractivity contribution in [1.29, 1.82) is 0 Å². The van der Waals surface area contributed by atoms with Gasteiger partial charge in [-0.25, -0.2) is 0 Å². The number of nitrogens with zero attached hydrogens (tertiary/aromatic N) is 2. The molecule has 0 aromatic rings. The van der Waals surface area contributed by atoms with Crippen LogP contribution in [0.2, 0.25) is 0 Å². The summed E-state index contributed by atoms with van der Waals surface area (Å²) < 4.78 is 1.03. The maximum atomic E-state index is 9.44. The minimum absolute atomic E-state index is 0.0935. The van der Waals surface area contributed by atoms with Gasteiger partial charge < -0.3 is 24.6 Å². The predicted octanol–water partition coefficient (Wildman–Crippen LogP) is -2.76. The fraction of sp³-hybridized carbons (Fsp3) is 0.909. The molecule has 6 heteroatoms. The van der Waals surface area contributed by atoms with Crippen molar-refractivity contribution in [3.63, 3.8) is 0 Å². The molecule has 0 aliphatic carbocycles. The number of fused-ring (bicyclic) bond motifs is 3. The summed E-state index contributed by atoms with van der Waals surface area (Å²) in [7, 11) is 0. The maximum Gasteiger partial charge on any atom is 0.126 e. The number of hydrogen-bond donors (Lipinski definition) is 2. The minimum atomic E-state index is -1.08. The molecule has 3 aliphatic heterocycles. The van der Waals surface area contributed by atoms with Gasteiger partial charge in [0, 0.05) is 25.6 Å². The predicted molar refractivity (Wildman–Crippen MR) is 59.9 cm³/mol. The molecule has 6 nitrogen and oxygen atoms in total. The van der Waals surface area contributed by atoms with Crippen LogP contribution in [0, 0.1) is 0 Å². The number of carboxylic acid groups (broad SMARTS) is 1. The summed E-state index contributed by atoms with van der Waals surface area (Å²) in [4.78, 5) is 11.4. The zero-order valence-corrected chi connectivity index (χ0v) is 10.3. The number of carbonyl (C=O) groups is 1. The molecule has 0 amide bonds. The number of carbonyl (C=O) groups excluding carboxylic acids is 1. The summed E-state index contributed by atoms with van der Waals surface area (Å²) in [6.45, 7) is 8.56. The first-order chi connectivity index (χ1) is 7.97. The highest BCUT2D eigenvalue weighted by Gasteiger charge is 2.39. The van der Waals surface area contributed by atoms with Gasteiger partial charge in [-0.1, -0.05) is 0 Å². The van der Waals surface area contributed by atoms with E-state index in [0.29, 0.717) is 0 Å². The fourth-order valence-corrected chi connectivity index (χ4v) is 2.51. The number of piperazine rings is 3. The van der Waals surface area contributed by atoms with Gasteiger partial charge in [-0.05, 0) is 6.92 Å². The van der Waals surface area contributed by atoms with E-state index >= 15 is 0 Å². The zero-order valence-electron chi connectivity index (χ0n) is 10.3. The molecule has 0 radical (unpaired) electrons. The molecule has 0 aromatic carbocycles. The standard InChI is InChI=1S/C9H19N2O2.C2H4O2/c12-8-9(13)7-11-4-1-10(2-5-11)3-6-11;1-2(3)4/h9,12-13H,1-8H2;1H3,(H,3,4)/q+1;/p-1. The lowest BCUT2D eigenvalue weighted by molar-refractivity contribution is -0.943. The molecule has 1 atom stereocenters. The molecule has 2 N–H and O–H groups in total. The average Bonchev–Trinajstić information content (AvgIpc) is 2.30. The number of hydrogen-bond acceptors (Lipinski definition) is 5. The van der Waals surface area contributed by atoms with Crippen molar-refractivity contribution >= 4 is 5.97 Å². The van der Waals surface area contributed by atoms with Gasteiger partial charge in [0.15, 0.2) is 0 Å². The highest BCUT2D eigenvalue weighted by atomic mass is 16.4. The van der Waals surface area contributed by atoms with Crippen molar-refractivity contribution in [1.82, 2.24) is 4.90 Å². The molecule has 3 fully saturated rings. The number of aliphatic carboxylic acids is 1. The van der Waals surface area contributed by atoms with Crippen molar-refractivity contribution < 1.29 is 24.6 Å². The van der Waals surface area contributed by atoms with Gasteiger partial charge in [-0.3, -0.25) is 4.90 Å². The van der Waals surface area contributed by atoms with Crippen molar-refractivity contribution in [2.24, 2.45) is 0 Å². The van der Waals surface area contributed by atoms with Crippen LogP contribution in [0.1, 0.15) is 6.92 Å². The Balaban J connectivity index is 0.000000317. The Labute approximate surface area is 102 Å². The Hall–Kier alpha value is -0.690. The van der Waals surface area contributed by atoms with Gasteiger partial charge in [-0.15, -0.1) is 0 Å². The molecule has 0 saturated carbocycles. The highest BCUT2D eigenvalue weighted by molar-refractivity contribution is 5.60. The highest BCUT2D eigenvalue weighted by Crippen LogP contribution is 2.19. The van der Waals surface area contributed by atoms with Crippen LogP contribution in [-0.2, 0) is 4.79 Å². The maximum absolute atomic E-state index is 9.44. The van der Waals surface area contributed by atoms with Gasteiger partial charge in [0.05, 0.1) is 26.2 Å². The van der Waals surface area contributed by atoms with E-state index in [1.165, 1.54) is 0 Å². The van der Waals surface area contributed by atoms with E-state index in [1.807, 2.05) is 0 Å². The molecular formula is C11H22N2O4. The number of quaternary nitrogens is 1. The van der Waals surface area contributed by atoms with E-state index in [1.54, 1.807) is 0 Å². The van der Waals surface area contributed by atoms with E-state index in [0.717, 1.165) is 57.2 Å². The van der Waals surface area contributed by atoms with Crippen LogP contribution >= 0.6 is 0 Å². The number of rotatable bonds is 3. The SMILES string of the molecule is CC(=O)[O-].OCC(O)C[N+]12CCN(CC1)CC2. The Kier molecular flexibility index (Phi) is 5.32. The lowest BCUT2D eigenvalue weighted by atomic mass is 10.1. The number of carboxylic acids is 1. The quantitative estimate of drug-likeness (QED) is 0.527. The van der Waals surface area contributed by atoms with Crippen molar-refractivity contribution in [3.8, 4) is 0 Å². The Morgan fingerprint density at radius 3 is 2.12 bits per heavy atom. The molecule has 0 spiro atoms. The van der Waals surface area contributed by atoms with Crippen LogP contribution in [0.25, 0.3) is 0 Å². The third-order valence-corrected chi connectivity index (χ3v) is 3.48. The van der Waals surface area contributed by atoms with Crippen LogP contribution < -0.4 is 5.11 Å². The van der Waals surface area contributed by atoms with E-state index in [9.17, 15) is 5.11 Å². The van der Waals surface area contributed by atoms with Crippen molar-refractivity contribution in [3.05, 3.63) is 0 Å². The van der Waals surface area contributed by atoms with Crippen LogP contribution in [0.4, 0.5) is 0 Å². The smallest absolute Gasteiger partial charge is 0.126 e. The molecule has 0 aromatic heterocycles. The molecule has 100 valence electrons. The van der Waals surface area contributed by atoms with E-state index < -0.39 is 12.1 Å².